The maximum atomic E-state index is 10.2. The molecular weight excluding hydrogens is 184 g/mol. The minimum atomic E-state index is -0.785. The molecule has 0 atom stereocenters. The van der Waals surface area contributed by atoms with Crippen LogP contribution in [0.15, 0.2) is 11.4 Å². The van der Waals surface area contributed by atoms with Crippen molar-refractivity contribution in [1.82, 2.24) is 0 Å². The van der Waals surface area contributed by atoms with Crippen molar-refractivity contribution >= 4 is 28.9 Å². The minimum Gasteiger partial charge on any atom is -0.481 e. The highest BCUT2D eigenvalue weighted by molar-refractivity contribution is 7.14. The molecule has 1 heterocycles. The van der Waals surface area contributed by atoms with E-state index < -0.39 is 5.97 Å². The van der Waals surface area contributed by atoms with Crippen molar-refractivity contribution < 1.29 is 9.90 Å². The van der Waals surface area contributed by atoms with Crippen molar-refractivity contribution in [2.75, 3.05) is 0 Å². The lowest BCUT2D eigenvalue weighted by atomic mass is 10.2. The van der Waals surface area contributed by atoms with E-state index in [0.29, 0.717) is 10.8 Å². The Kier molecular flexibility index (Phi) is 2.91. The smallest absolute Gasteiger partial charge is 0.303 e. The third-order valence-corrected chi connectivity index (χ3v) is 2.55. The summed E-state index contributed by atoms with van der Waals surface area (Å²) >= 11 is 7.18. The summed E-state index contributed by atoms with van der Waals surface area (Å²) in [5.41, 5.74) is 0.930. The van der Waals surface area contributed by atoms with Gasteiger partial charge in [-0.1, -0.05) is 11.6 Å². The molecule has 11 heavy (non-hydrogen) atoms. The number of carbonyl (C=O) groups is 1. The van der Waals surface area contributed by atoms with Crippen LogP contribution in [-0.2, 0) is 11.2 Å². The van der Waals surface area contributed by atoms with E-state index in [-0.39, 0.29) is 6.42 Å². The number of rotatable bonds is 3. The molecule has 0 unspecified atom stereocenters. The van der Waals surface area contributed by atoms with Crippen molar-refractivity contribution in [2.45, 2.75) is 12.8 Å². The largest absolute Gasteiger partial charge is 0.481 e. The molecule has 60 valence electrons. The van der Waals surface area contributed by atoms with Gasteiger partial charge in [0.2, 0.25) is 0 Å². The Hall–Kier alpha value is -0.540. The molecule has 0 aliphatic carbocycles. The van der Waals surface area contributed by atoms with E-state index in [1.165, 1.54) is 11.3 Å². The summed E-state index contributed by atoms with van der Waals surface area (Å²) in [6.07, 6.45) is 0.675. The van der Waals surface area contributed by atoms with Crippen LogP contribution in [0.2, 0.25) is 4.34 Å². The van der Waals surface area contributed by atoms with E-state index in [1.54, 1.807) is 0 Å². The average molecular weight is 191 g/mol. The molecule has 0 amide bonds. The summed E-state index contributed by atoms with van der Waals surface area (Å²) in [4.78, 5) is 10.2. The molecule has 1 N–H and O–H groups in total. The predicted octanol–water partition coefficient (Wildman–Crippen LogP) is 2.42. The minimum absolute atomic E-state index is 0.149. The number of aryl methyl sites for hydroxylation is 1. The zero-order valence-corrected chi connectivity index (χ0v) is 7.28. The first-order valence-electron chi connectivity index (χ1n) is 3.14. The standard InChI is InChI=1S/C7H7ClO2S/c8-7-5(3-4-11-7)1-2-6(9)10/h3-4H,1-2H2,(H,9,10). The molecular formula is C7H7ClO2S. The van der Waals surface area contributed by atoms with Crippen LogP contribution in [0, 0.1) is 0 Å². The third kappa shape index (κ3) is 2.52. The van der Waals surface area contributed by atoms with Gasteiger partial charge in [-0.3, -0.25) is 4.79 Å². The van der Waals surface area contributed by atoms with Crippen molar-refractivity contribution in [3.63, 3.8) is 0 Å². The van der Waals surface area contributed by atoms with E-state index in [4.69, 9.17) is 16.7 Å². The monoisotopic (exact) mass is 190 g/mol. The third-order valence-electron chi connectivity index (χ3n) is 1.30. The van der Waals surface area contributed by atoms with Gasteiger partial charge < -0.3 is 5.11 Å². The van der Waals surface area contributed by atoms with Gasteiger partial charge in [0.25, 0.3) is 0 Å². The molecule has 0 bridgehead atoms. The van der Waals surface area contributed by atoms with Crippen molar-refractivity contribution in [3.8, 4) is 0 Å². The number of carboxylic acid groups (broad SMARTS) is 1. The maximum Gasteiger partial charge on any atom is 0.303 e. The van der Waals surface area contributed by atoms with E-state index in [2.05, 4.69) is 0 Å². The molecule has 0 spiro atoms. The fraction of sp³-hybridized carbons (Fsp3) is 0.286. The van der Waals surface area contributed by atoms with Gasteiger partial charge in [-0.2, -0.15) is 0 Å². The van der Waals surface area contributed by atoms with Crippen LogP contribution in [0.5, 0.6) is 0 Å². The summed E-state index contributed by atoms with van der Waals surface area (Å²) in [7, 11) is 0. The first kappa shape index (κ1) is 8.56. The summed E-state index contributed by atoms with van der Waals surface area (Å²) in [5.74, 6) is -0.785. The number of hydrogen-bond donors (Lipinski definition) is 1. The van der Waals surface area contributed by atoms with Gasteiger partial charge in [-0.05, 0) is 23.4 Å². The zero-order valence-electron chi connectivity index (χ0n) is 5.71. The summed E-state index contributed by atoms with van der Waals surface area (Å²) in [6.45, 7) is 0. The highest BCUT2D eigenvalue weighted by Crippen LogP contribution is 2.23. The summed E-state index contributed by atoms with van der Waals surface area (Å²) in [5, 5.41) is 10.2. The van der Waals surface area contributed by atoms with Crippen LogP contribution in [-0.4, -0.2) is 11.1 Å². The van der Waals surface area contributed by atoms with Crippen LogP contribution >= 0.6 is 22.9 Å². The van der Waals surface area contributed by atoms with Crippen LogP contribution in [0.25, 0.3) is 0 Å². The molecule has 1 aromatic heterocycles. The predicted molar refractivity (Wildman–Crippen MR) is 45.3 cm³/mol. The van der Waals surface area contributed by atoms with Crippen LogP contribution in [0.1, 0.15) is 12.0 Å². The second-order valence-corrected chi connectivity index (χ2v) is 3.63. The Morgan fingerprint density at radius 1 is 1.73 bits per heavy atom. The SMILES string of the molecule is O=C(O)CCc1ccsc1Cl. The van der Waals surface area contributed by atoms with Gasteiger partial charge in [-0.15, -0.1) is 11.3 Å². The molecule has 4 heteroatoms. The van der Waals surface area contributed by atoms with Crippen molar-refractivity contribution in [3.05, 3.63) is 21.3 Å². The number of thiophene rings is 1. The van der Waals surface area contributed by atoms with Gasteiger partial charge in [-0.25, -0.2) is 0 Å². The summed E-state index contributed by atoms with van der Waals surface area (Å²) < 4.78 is 0.700. The van der Waals surface area contributed by atoms with Crippen molar-refractivity contribution in [1.29, 1.82) is 0 Å². The highest BCUT2D eigenvalue weighted by Gasteiger charge is 2.03. The molecule has 0 saturated heterocycles. The Labute approximate surface area is 73.4 Å². The Morgan fingerprint density at radius 2 is 2.45 bits per heavy atom. The molecule has 0 fully saturated rings. The molecule has 1 aromatic rings. The fourth-order valence-corrected chi connectivity index (χ4v) is 1.73. The number of halogens is 1. The highest BCUT2D eigenvalue weighted by atomic mass is 35.5. The van der Waals surface area contributed by atoms with Crippen LogP contribution in [0.3, 0.4) is 0 Å². The molecule has 2 nitrogen and oxygen atoms in total. The lowest BCUT2D eigenvalue weighted by Crippen LogP contribution is -1.96. The first-order chi connectivity index (χ1) is 5.20. The second kappa shape index (κ2) is 3.74. The van der Waals surface area contributed by atoms with E-state index >= 15 is 0 Å². The van der Waals surface area contributed by atoms with Crippen molar-refractivity contribution in [2.24, 2.45) is 0 Å². The Morgan fingerprint density at radius 3 is 2.91 bits per heavy atom. The molecule has 0 aliphatic heterocycles. The first-order valence-corrected chi connectivity index (χ1v) is 4.39. The van der Waals surface area contributed by atoms with Gasteiger partial charge in [0, 0.05) is 6.42 Å². The second-order valence-electron chi connectivity index (χ2n) is 2.11. The molecule has 0 saturated carbocycles. The normalized spacial score (nSPS) is 9.91. The van der Waals surface area contributed by atoms with Gasteiger partial charge in [0.15, 0.2) is 0 Å². The number of hydrogen-bond acceptors (Lipinski definition) is 2. The van der Waals surface area contributed by atoms with Gasteiger partial charge in [0.05, 0.1) is 4.34 Å². The maximum absolute atomic E-state index is 10.2. The van der Waals surface area contributed by atoms with Gasteiger partial charge in [0.1, 0.15) is 0 Å². The van der Waals surface area contributed by atoms with E-state index in [9.17, 15) is 4.79 Å². The molecule has 0 radical (unpaired) electrons. The van der Waals surface area contributed by atoms with E-state index in [1.807, 2.05) is 11.4 Å². The summed E-state index contributed by atoms with van der Waals surface area (Å²) in [6, 6.07) is 1.86. The zero-order chi connectivity index (χ0) is 8.27. The quantitative estimate of drug-likeness (QED) is 0.795. The van der Waals surface area contributed by atoms with Crippen LogP contribution < -0.4 is 0 Å². The topological polar surface area (TPSA) is 37.3 Å². The Bertz CT molecular complexity index is 257. The van der Waals surface area contributed by atoms with Gasteiger partial charge >= 0.3 is 5.97 Å². The molecule has 0 aromatic carbocycles. The number of carboxylic acids is 1. The fourth-order valence-electron chi connectivity index (χ4n) is 0.740. The lowest BCUT2D eigenvalue weighted by Gasteiger charge is -1.93. The Balaban J connectivity index is 2.51. The number of aliphatic carboxylic acids is 1. The lowest BCUT2D eigenvalue weighted by molar-refractivity contribution is -0.136. The molecule has 0 aliphatic rings. The van der Waals surface area contributed by atoms with E-state index in [0.717, 1.165) is 5.56 Å². The van der Waals surface area contributed by atoms with Crippen LogP contribution in [0.4, 0.5) is 0 Å². The molecule has 1 rings (SSSR count). The average Bonchev–Trinajstić information content (AvgIpc) is 2.31.